The molecule has 0 atom stereocenters. The van der Waals surface area contributed by atoms with Crippen LogP contribution in [-0.2, 0) is 4.79 Å². The molecule has 3 rings (SSSR count). The number of hydrogen-bond donors (Lipinski definition) is 2. The van der Waals surface area contributed by atoms with Crippen molar-refractivity contribution in [2.45, 2.75) is 32.9 Å². The molecule has 26 heavy (non-hydrogen) atoms. The molecule has 3 aromatic rings. The third-order valence-electron chi connectivity index (χ3n) is 4.01. The number of aromatic nitrogens is 3. The third kappa shape index (κ3) is 3.75. The molecule has 1 aromatic carbocycles. The zero-order chi connectivity index (χ0) is 18.8. The number of thioether (sulfide) groups is 1. The van der Waals surface area contributed by atoms with Crippen molar-refractivity contribution >= 4 is 34.3 Å². The van der Waals surface area contributed by atoms with Crippen LogP contribution in [0.15, 0.2) is 33.6 Å². The Hall–Kier alpha value is -2.74. The Morgan fingerprint density at radius 2 is 1.88 bits per heavy atom. The number of nitrogens with zero attached hydrogens (tertiary/aromatic N) is 4. The number of azo groups is 1. The predicted molar refractivity (Wildman–Crippen MR) is 101 cm³/mol. The van der Waals surface area contributed by atoms with Gasteiger partial charge in [0.1, 0.15) is 0 Å². The number of benzene rings is 1. The molecule has 0 radical (unpaired) electrons. The number of carbonyl (C=O) groups excluding carboxylic acids is 1. The monoisotopic (exact) mass is 369 g/mol. The Labute approximate surface area is 155 Å². The lowest BCUT2D eigenvalue weighted by Gasteiger charge is -2.01. The largest absolute Gasteiger partial charge is 0.493 e. The second kappa shape index (κ2) is 7.25. The van der Waals surface area contributed by atoms with Crippen molar-refractivity contribution in [1.82, 2.24) is 15.0 Å². The molecule has 2 aromatic heterocycles. The lowest BCUT2D eigenvalue weighted by Crippen LogP contribution is -1.99. The van der Waals surface area contributed by atoms with E-state index < -0.39 is 5.91 Å². The van der Waals surface area contributed by atoms with Crippen LogP contribution in [0, 0.1) is 27.7 Å². The van der Waals surface area contributed by atoms with Crippen LogP contribution in [0.4, 0.5) is 5.69 Å². The molecule has 8 heteroatoms. The number of H-pyrrole nitrogens is 1. The van der Waals surface area contributed by atoms with Gasteiger partial charge in [-0.1, -0.05) is 23.9 Å². The highest BCUT2D eigenvalue weighted by molar-refractivity contribution is 7.99. The number of hydrogen-bond acceptors (Lipinski definition) is 6. The van der Waals surface area contributed by atoms with Gasteiger partial charge < -0.3 is 10.1 Å². The Kier molecular flexibility index (Phi) is 5.03. The number of aryl methyl sites for hydroxylation is 4. The van der Waals surface area contributed by atoms with Crippen LogP contribution in [0.3, 0.4) is 0 Å². The number of amides is 1. The van der Waals surface area contributed by atoms with E-state index in [4.69, 9.17) is 0 Å². The first-order chi connectivity index (χ1) is 12.3. The maximum atomic E-state index is 12.0. The first-order valence-electron chi connectivity index (χ1n) is 8.05. The fourth-order valence-electron chi connectivity index (χ4n) is 2.60. The van der Waals surface area contributed by atoms with Gasteiger partial charge in [-0.25, -0.2) is 9.97 Å². The molecule has 2 N–H and O–H groups in total. The van der Waals surface area contributed by atoms with Crippen molar-refractivity contribution in [3.8, 4) is 5.88 Å². The summed E-state index contributed by atoms with van der Waals surface area (Å²) >= 11 is 1.21. The second-order valence-electron chi connectivity index (χ2n) is 6.07. The van der Waals surface area contributed by atoms with Gasteiger partial charge in [0.05, 0.1) is 11.3 Å². The highest BCUT2D eigenvalue weighted by atomic mass is 32.2. The minimum atomic E-state index is -0.421. The quantitative estimate of drug-likeness (QED) is 0.405. The maximum absolute atomic E-state index is 12.0. The van der Waals surface area contributed by atoms with E-state index in [1.54, 1.807) is 0 Å². The standard InChI is InChI=1S/C18H19N5O2S/c1-9-5-6-13-15(12(9)4)21-17(25)16(13)23-22-14(24)8-26-18-19-10(2)7-11(3)20-18/h5-7,21,25H,8H2,1-4H3. The SMILES string of the molecule is Cc1cc(C)nc(SCC(=O)N=Nc2c(O)[nH]c3c(C)c(C)ccc23)n1. The summed E-state index contributed by atoms with van der Waals surface area (Å²) in [4.78, 5) is 23.5. The third-order valence-corrected chi connectivity index (χ3v) is 4.84. The van der Waals surface area contributed by atoms with E-state index in [1.807, 2.05) is 45.9 Å². The molecule has 1 amide bonds. The number of aromatic amines is 1. The lowest BCUT2D eigenvalue weighted by atomic mass is 10.1. The fraction of sp³-hybridized carbons (Fsp3) is 0.278. The molecule has 134 valence electrons. The van der Waals surface area contributed by atoms with Gasteiger partial charge in [0.25, 0.3) is 5.91 Å². The van der Waals surface area contributed by atoms with Crippen molar-refractivity contribution in [2.75, 3.05) is 5.75 Å². The zero-order valence-electron chi connectivity index (χ0n) is 15.0. The molecule has 0 saturated heterocycles. The van der Waals surface area contributed by atoms with Gasteiger partial charge in [0.15, 0.2) is 10.8 Å². The molecule has 0 unspecified atom stereocenters. The lowest BCUT2D eigenvalue weighted by molar-refractivity contribution is -0.115. The summed E-state index contributed by atoms with van der Waals surface area (Å²) in [5.41, 5.74) is 4.88. The summed E-state index contributed by atoms with van der Waals surface area (Å²) in [5.74, 6) is -0.445. The highest BCUT2D eigenvalue weighted by Crippen LogP contribution is 2.37. The molecule has 0 bridgehead atoms. The number of rotatable bonds is 4. The minimum Gasteiger partial charge on any atom is -0.493 e. The van der Waals surface area contributed by atoms with E-state index in [0.717, 1.165) is 33.4 Å². The number of aromatic hydroxyl groups is 1. The zero-order valence-corrected chi connectivity index (χ0v) is 15.8. The van der Waals surface area contributed by atoms with E-state index in [9.17, 15) is 9.90 Å². The van der Waals surface area contributed by atoms with Crippen LogP contribution in [0.2, 0.25) is 0 Å². The summed E-state index contributed by atoms with van der Waals surface area (Å²) in [7, 11) is 0. The summed E-state index contributed by atoms with van der Waals surface area (Å²) in [6, 6.07) is 5.67. The van der Waals surface area contributed by atoms with Gasteiger partial charge in [-0.2, -0.15) is 0 Å². The van der Waals surface area contributed by atoms with Crippen molar-refractivity contribution in [1.29, 1.82) is 0 Å². The number of carbonyl (C=O) groups is 1. The van der Waals surface area contributed by atoms with Crippen LogP contribution in [-0.4, -0.2) is 31.7 Å². The number of nitrogens with one attached hydrogen (secondary N) is 1. The fourth-order valence-corrected chi connectivity index (χ4v) is 3.33. The van der Waals surface area contributed by atoms with Gasteiger partial charge in [0, 0.05) is 16.8 Å². The molecule has 0 fully saturated rings. The molecule has 0 spiro atoms. The Bertz CT molecular complexity index is 1010. The molecule has 0 aliphatic heterocycles. The van der Waals surface area contributed by atoms with Crippen molar-refractivity contribution in [2.24, 2.45) is 10.2 Å². The maximum Gasteiger partial charge on any atom is 0.275 e. The van der Waals surface area contributed by atoms with Gasteiger partial charge in [0.2, 0.25) is 5.88 Å². The normalized spacial score (nSPS) is 11.5. The topological polar surface area (TPSA) is 104 Å². The van der Waals surface area contributed by atoms with Crippen molar-refractivity contribution in [3.63, 3.8) is 0 Å². The average Bonchev–Trinajstić information content (AvgIpc) is 2.90. The Morgan fingerprint density at radius 3 is 2.58 bits per heavy atom. The molecule has 0 saturated carbocycles. The van der Waals surface area contributed by atoms with E-state index >= 15 is 0 Å². The van der Waals surface area contributed by atoms with Gasteiger partial charge in [-0.05, 0) is 44.9 Å². The van der Waals surface area contributed by atoms with Gasteiger partial charge >= 0.3 is 0 Å². The highest BCUT2D eigenvalue weighted by Gasteiger charge is 2.14. The van der Waals surface area contributed by atoms with Gasteiger partial charge in [-0.3, -0.25) is 4.79 Å². The first-order valence-corrected chi connectivity index (χ1v) is 9.04. The Balaban J connectivity index is 1.75. The van der Waals surface area contributed by atoms with Crippen LogP contribution in [0.1, 0.15) is 22.5 Å². The minimum absolute atomic E-state index is 0.0770. The molecule has 0 aliphatic rings. The number of fused-ring (bicyclic) bond motifs is 1. The first kappa shape index (κ1) is 18.1. The summed E-state index contributed by atoms with van der Waals surface area (Å²) in [6.07, 6.45) is 0. The van der Waals surface area contributed by atoms with Crippen molar-refractivity contribution < 1.29 is 9.90 Å². The van der Waals surface area contributed by atoms with E-state index in [1.165, 1.54) is 11.8 Å². The summed E-state index contributed by atoms with van der Waals surface area (Å²) < 4.78 is 0. The second-order valence-corrected chi connectivity index (χ2v) is 7.01. The molecular formula is C18H19N5O2S. The van der Waals surface area contributed by atoms with Crippen LogP contribution in [0.25, 0.3) is 10.9 Å². The van der Waals surface area contributed by atoms with E-state index in [2.05, 4.69) is 25.2 Å². The van der Waals surface area contributed by atoms with Gasteiger partial charge in [-0.15, -0.1) is 10.2 Å². The molecule has 2 heterocycles. The molecule has 0 aliphatic carbocycles. The van der Waals surface area contributed by atoms with Crippen LogP contribution in [0.5, 0.6) is 5.88 Å². The van der Waals surface area contributed by atoms with Crippen LogP contribution >= 0.6 is 11.8 Å². The predicted octanol–water partition coefficient (Wildman–Crippen LogP) is 4.30. The van der Waals surface area contributed by atoms with Crippen molar-refractivity contribution in [3.05, 3.63) is 40.7 Å². The molecular weight excluding hydrogens is 350 g/mol. The average molecular weight is 369 g/mol. The van der Waals surface area contributed by atoms with Crippen LogP contribution < -0.4 is 0 Å². The van der Waals surface area contributed by atoms with E-state index in [0.29, 0.717) is 5.16 Å². The summed E-state index contributed by atoms with van der Waals surface area (Å²) in [6.45, 7) is 7.71. The molecule has 7 nitrogen and oxygen atoms in total. The Morgan fingerprint density at radius 1 is 1.19 bits per heavy atom. The van der Waals surface area contributed by atoms with E-state index in [-0.39, 0.29) is 17.3 Å². The smallest absolute Gasteiger partial charge is 0.275 e. The summed E-state index contributed by atoms with van der Waals surface area (Å²) in [5, 5.41) is 19.0.